The second-order valence-electron chi connectivity index (χ2n) is 6.14. The Morgan fingerprint density at radius 1 is 0.704 bits per heavy atom. The van der Waals surface area contributed by atoms with Crippen molar-refractivity contribution in [1.29, 1.82) is 0 Å². The highest BCUT2D eigenvalue weighted by atomic mass is 16.5. The minimum atomic E-state index is 0.559. The highest BCUT2D eigenvalue weighted by Crippen LogP contribution is 2.20. The van der Waals surface area contributed by atoms with E-state index >= 15 is 0 Å². The summed E-state index contributed by atoms with van der Waals surface area (Å²) in [4.78, 5) is 0. The van der Waals surface area contributed by atoms with Crippen molar-refractivity contribution in [3.8, 4) is 11.5 Å². The molecule has 27 heavy (non-hydrogen) atoms. The molecule has 0 saturated heterocycles. The summed E-state index contributed by atoms with van der Waals surface area (Å²) in [6, 6.07) is 26.3. The average molecular weight is 363 g/mol. The third-order valence-corrected chi connectivity index (χ3v) is 4.06. The molecule has 0 radical (unpaired) electrons. The summed E-state index contributed by atoms with van der Waals surface area (Å²) in [5.41, 5.74) is 3.37. The van der Waals surface area contributed by atoms with Crippen molar-refractivity contribution in [2.75, 3.05) is 25.6 Å². The lowest BCUT2D eigenvalue weighted by atomic mass is 10.2. The van der Waals surface area contributed by atoms with Gasteiger partial charge in [0.05, 0.1) is 6.61 Å². The molecule has 0 saturated carbocycles. The number of hydrogen-bond donors (Lipinski definition) is 1. The fourth-order valence-corrected chi connectivity index (χ4v) is 2.59. The fourth-order valence-electron chi connectivity index (χ4n) is 2.59. The van der Waals surface area contributed by atoms with E-state index < -0.39 is 0 Å². The van der Waals surface area contributed by atoms with Gasteiger partial charge < -0.3 is 19.5 Å². The van der Waals surface area contributed by atoms with E-state index in [0.29, 0.717) is 19.8 Å². The van der Waals surface area contributed by atoms with Crippen LogP contribution in [0.25, 0.3) is 0 Å². The molecule has 0 heterocycles. The van der Waals surface area contributed by atoms with Gasteiger partial charge in [-0.2, -0.15) is 0 Å². The standard InChI is InChI=1S/C23H25NO3/c1-25-14-15-26-22-12-10-19(11-13-22)17-24-21-8-5-9-23(16-21)27-18-20-6-3-2-4-7-20/h2-13,16,24H,14-15,17-18H2,1H3. The van der Waals surface area contributed by atoms with Gasteiger partial charge in [-0.25, -0.2) is 0 Å². The molecule has 3 rings (SSSR count). The van der Waals surface area contributed by atoms with Crippen LogP contribution in [-0.4, -0.2) is 20.3 Å². The predicted molar refractivity (Wildman–Crippen MR) is 108 cm³/mol. The Balaban J connectivity index is 1.49. The summed E-state index contributed by atoms with van der Waals surface area (Å²) in [6.45, 7) is 2.45. The first-order valence-corrected chi connectivity index (χ1v) is 9.05. The zero-order valence-electron chi connectivity index (χ0n) is 15.6. The van der Waals surface area contributed by atoms with Gasteiger partial charge in [-0.3, -0.25) is 0 Å². The summed E-state index contributed by atoms with van der Waals surface area (Å²) in [7, 11) is 1.67. The number of rotatable bonds is 10. The Kier molecular flexibility index (Phi) is 7.13. The lowest BCUT2D eigenvalue weighted by Crippen LogP contribution is -2.04. The van der Waals surface area contributed by atoms with Gasteiger partial charge in [0.2, 0.25) is 0 Å². The Bertz CT molecular complexity index is 803. The van der Waals surface area contributed by atoms with E-state index in [-0.39, 0.29) is 0 Å². The van der Waals surface area contributed by atoms with E-state index in [1.807, 2.05) is 54.6 Å². The Morgan fingerprint density at radius 2 is 1.52 bits per heavy atom. The van der Waals surface area contributed by atoms with Crippen LogP contribution in [0.15, 0.2) is 78.9 Å². The summed E-state index contributed by atoms with van der Waals surface area (Å²) >= 11 is 0. The van der Waals surface area contributed by atoms with Gasteiger partial charge >= 0.3 is 0 Å². The maximum atomic E-state index is 5.88. The summed E-state index contributed by atoms with van der Waals surface area (Å²) in [5.74, 6) is 1.71. The summed E-state index contributed by atoms with van der Waals surface area (Å²) in [5, 5.41) is 3.43. The minimum Gasteiger partial charge on any atom is -0.491 e. The van der Waals surface area contributed by atoms with Crippen molar-refractivity contribution >= 4 is 5.69 Å². The van der Waals surface area contributed by atoms with Gasteiger partial charge in [0.25, 0.3) is 0 Å². The Hall–Kier alpha value is -2.98. The van der Waals surface area contributed by atoms with E-state index in [2.05, 4.69) is 29.6 Å². The van der Waals surface area contributed by atoms with Crippen LogP contribution >= 0.6 is 0 Å². The normalized spacial score (nSPS) is 10.4. The Morgan fingerprint density at radius 3 is 2.30 bits per heavy atom. The quantitative estimate of drug-likeness (QED) is 0.520. The fraction of sp³-hybridized carbons (Fsp3) is 0.217. The zero-order valence-corrected chi connectivity index (χ0v) is 15.6. The number of nitrogens with one attached hydrogen (secondary N) is 1. The molecular weight excluding hydrogens is 338 g/mol. The number of ether oxygens (including phenoxy) is 3. The SMILES string of the molecule is COCCOc1ccc(CNc2cccc(OCc3ccccc3)c2)cc1. The molecule has 0 fully saturated rings. The van der Waals surface area contributed by atoms with Crippen LogP contribution in [0.4, 0.5) is 5.69 Å². The van der Waals surface area contributed by atoms with Crippen molar-refractivity contribution in [1.82, 2.24) is 0 Å². The second-order valence-corrected chi connectivity index (χ2v) is 6.14. The largest absolute Gasteiger partial charge is 0.491 e. The van der Waals surface area contributed by atoms with Crippen molar-refractivity contribution in [3.05, 3.63) is 90.0 Å². The van der Waals surface area contributed by atoms with Gasteiger partial charge in [0, 0.05) is 25.4 Å². The van der Waals surface area contributed by atoms with Crippen molar-refractivity contribution in [2.24, 2.45) is 0 Å². The number of anilines is 1. The van der Waals surface area contributed by atoms with E-state index in [9.17, 15) is 0 Å². The van der Waals surface area contributed by atoms with E-state index in [4.69, 9.17) is 14.2 Å². The Labute approximate surface area is 160 Å². The molecule has 0 aromatic heterocycles. The average Bonchev–Trinajstić information content (AvgIpc) is 2.73. The van der Waals surface area contributed by atoms with E-state index in [1.54, 1.807) is 7.11 Å². The van der Waals surface area contributed by atoms with Crippen LogP contribution in [0.3, 0.4) is 0 Å². The van der Waals surface area contributed by atoms with Gasteiger partial charge in [-0.15, -0.1) is 0 Å². The van der Waals surface area contributed by atoms with Crippen molar-refractivity contribution in [3.63, 3.8) is 0 Å². The molecule has 0 atom stereocenters. The molecule has 140 valence electrons. The topological polar surface area (TPSA) is 39.7 Å². The molecule has 3 aromatic rings. The molecule has 4 nitrogen and oxygen atoms in total. The highest BCUT2D eigenvalue weighted by molar-refractivity contribution is 5.48. The monoisotopic (exact) mass is 363 g/mol. The molecule has 0 aliphatic carbocycles. The van der Waals surface area contributed by atoms with Crippen LogP contribution in [0.1, 0.15) is 11.1 Å². The van der Waals surface area contributed by atoms with Gasteiger partial charge in [-0.1, -0.05) is 48.5 Å². The molecular formula is C23H25NO3. The molecule has 0 aliphatic heterocycles. The molecule has 0 spiro atoms. The maximum Gasteiger partial charge on any atom is 0.121 e. The van der Waals surface area contributed by atoms with Crippen LogP contribution in [0.2, 0.25) is 0 Å². The van der Waals surface area contributed by atoms with Crippen LogP contribution in [0, 0.1) is 0 Å². The first-order chi connectivity index (χ1) is 13.3. The molecule has 0 unspecified atom stereocenters. The van der Waals surface area contributed by atoms with E-state index in [1.165, 1.54) is 5.56 Å². The van der Waals surface area contributed by atoms with Crippen LogP contribution in [0.5, 0.6) is 11.5 Å². The zero-order chi connectivity index (χ0) is 18.7. The molecule has 1 N–H and O–H groups in total. The number of methoxy groups -OCH3 is 1. The molecule has 0 amide bonds. The molecule has 0 bridgehead atoms. The summed E-state index contributed by atoms with van der Waals surface area (Å²) in [6.07, 6.45) is 0. The van der Waals surface area contributed by atoms with Gasteiger partial charge in [0.15, 0.2) is 0 Å². The predicted octanol–water partition coefficient (Wildman–Crippen LogP) is 4.90. The molecule has 3 aromatic carbocycles. The van der Waals surface area contributed by atoms with E-state index in [0.717, 1.165) is 29.3 Å². The van der Waals surface area contributed by atoms with Gasteiger partial charge in [-0.05, 0) is 35.4 Å². The maximum absolute atomic E-state index is 5.88. The smallest absolute Gasteiger partial charge is 0.121 e. The molecule has 4 heteroatoms. The third kappa shape index (κ3) is 6.35. The third-order valence-electron chi connectivity index (χ3n) is 4.06. The van der Waals surface area contributed by atoms with Crippen molar-refractivity contribution in [2.45, 2.75) is 13.2 Å². The lowest BCUT2D eigenvalue weighted by molar-refractivity contribution is 0.146. The first kappa shape index (κ1) is 18.8. The number of hydrogen-bond acceptors (Lipinski definition) is 4. The molecule has 0 aliphatic rings. The minimum absolute atomic E-state index is 0.559. The van der Waals surface area contributed by atoms with Crippen molar-refractivity contribution < 1.29 is 14.2 Å². The van der Waals surface area contributed by atoms with Crippen LogP contribution in [-0.2, 0) is 17.9 Å². The number of benzene rings is 3. The van der Waals surface area contributed by atoms with Crippen LogP contribution < -0.4 is 14.8 Å². The first-order valence-electron chi connectivity index (χ1n) is 9.05. The highest BCUT2D eigenvalue weighted by Gasteiger charge is 2.00. The second kappa shape index (κ2) is 10.2. The lowest BCUT2D eigenvalue weighted by Gasteiger charge is -2.11. The summed E-state index contributed by atoms with van der Waals surface area (Å²) < 4.78 is 16.4. The van der Waals surface area contributed by atoms with Gasteiger partial charge in [0.1, 0.15) is 24.7 Å².